The zero-order valence-corrected chi connectivity index (χ0v) is 10.6. The van der Waals surface area contributed by atoms with Gasteiger partial charge in [-0.05, 0) is 30.5 Å². The van der Waals surface area contributed by atoms with Crippen LogP contribution >= 0.6 is 0 Å². The minimum absolute atomic E-state index is 0.0972. The number of hydrogen-bond acceptors (Lipinski definition) is 3. The molecule has 0 unspecified atom stereocenters. The molecule has 0 saturated heterocycles. The van der Waals surface area contributed by atoms with Gasteiger partial charge in [-0.25, -0.2) is 4.39 Å². The van der Waals surface area contributed by atoms with Crippen molar-refractivity contribution in [3.8, 4) is 5.75 Å². The van der Waals surface area contributed by atoms with Crippen LogP contribution in [0.2, 0.25) is 0 Å². The Balaban J connectivity index is 2.52. The van der Waals surface area contributed by atoms with Crippen LogP contribution < -0.4 is 10.1 Å². The van der Waals surface area contributed by atoms with Crippen LogP contribution in [0.3, 0.4) is 0 Å². The Kier molecular flexibility index (Phi) is 6.18. The zero-order valence-electron chi connectivity index (χ0n) is 10.6. The molecule has 6 nitrogen and oxygen atoms in total. The molecule has 19 heavy (non-hydrogen) atoms. The van der Waals surface area contributed by atoms with Crippen molar-refractivity contribution < 1.29 is 13.9 Å². The summed E-state index contributed by atoms with van der Waals surface area (Å²) in [7, 11) is 1.38. The predicted molar refractivity (Wildman–Crippen MR) is 68.5 cm³/mol. The van der Waals surface area contributed by atoms with E-state index in [1.54, 1.807) is 0 Å². The van der Waals surface area contributed by atoms with E-state index in [1.165, 1.54) is 25.3 Å². The third-order valence-corrected chi connectivity index (χ3v) is 2.46. The van der Waals surface area contributed by atoms with Crippen LogP contribution in [0.4, 0.5) is 4.39 Å². The highest BCUT2D eigenvalue weighted by Crippen LogP contribution is 2.20. The smallest absolute Gasteiger partial charge is 0.258 e. The summed E-state index contributed by atoms with van der Waals surface area (Å²) in [5.41, 5.74) is 7.98. The average molecular weight is 266 g/mol. The Labute approximate surface area is 110 Å². The quantitative estimate of drug-likeness (QED) is 0.356. The van der Waals surface area contributed by atoms with Gasteiger partial charge in [-0.1, -0.05) is 11.2 Å². The second kappa shape index (κ2) is 7.94. The molecule has 0 aliphatic rings. The molecule has 1 rings (SSSR count). The molecular formula is C12H15FN4O2. The van der Waals surface area contributed by atoms with Gasteiger partial charge >= 0.3 is 0 Å². The Morgan fingerprint density at radius 3 is 3.00 bits per heavy atom. The molecule has 102 valence electrons. The fourth-order valence-corrected chi connectivity index (χ4v) is 1.54. The molecule has 0 saturated carbocycles. The van der Waals surface area contributed by atoms with E-state index in [2.05, 4.69) is 15.3 Å². The van der Waals surface area contributed by atoms with Gasteiger partial charge in [0.15, 0.2) is 0 Å². The number of carbonyl (C=O) groups is 1. The van der Waals surface area contributed by atoms with Gasteiger partial charge in [0.05, 0.1) is 7.11 Å². The van der Waals surface area contributed by atoms with E-state index in [0.29, 0.717) is 25.9 Å². The Hall–Kier alpha value is -2.27. The number of carbonyl (C=O) groups excluding carboxylic acids is 1. The lowest BCUT2D eigenvalue weighted by Crippen LogP contribution is -2.26. The largest absolute Gasteiger partial charge is 0.496 e. The molecular weight excluding hydrogens is 251 g/mol. The summed E-state index contributed by atoms with van der Waals surface area (Å²) < 4.78 is 18.5. The molecule has 1 N–H and O–H groups in total. The highest BCUT2D eigenvalue weighted by Gasteiger charge is 2.16. The van der Waals surface area contributed by atoms with E-state index in [0.717, 1.165) is 0 Å². The molecule has 0 heterocycles. The molecule has 0 aromatic heterocycles. The number of amides is 1. The molecule has 0 bridgehead atoms. The van der Waals surface area contributed by atoms with Crippen molar-refractivity contribution in [1.29, 1.82) is 0 Å². The third-order valence-electron chi connectivity index (χ3n) is 2.46. The number of hydrogen-bond donors (Lipinski definition) is 1. The van der Waals surface area contributed by atoms with Gasteiger partial charge in [0.1, 0.15) is 17.1 Å². The Morgan fingerprint density at radius 1 is 1.53 bits per heavy atom. The van der Waals surface area contributed by atoms with E-state index < -0.39 is 11.7 Å². The van der Waals surface area contributed by atoms with Gasteiger partial charge in [-0.3, -0.25) is 4.79 Å². The van der Waals surface area contributed by atoms with Crippen LogP contribution in [0.15, 0.2) is 23.3 Å². The first-order valence-electron chi connectivity index (χ1n) is 5.82. The maximum absolute atomic E-state index is 13.6. The molecule has 0 radical (unpaired) electrons. The van der Waals surface area contributed by atoms with Gasteiger partial charge in [0, 0.05) is 18.0 Å². The molecule has 7 heteroatoms. The molecule has 1 amide bonds. The van der Waals surface area contributed by atoms with Crippen LogP contribution in [-0.4, -0.2) is 26.1 Å². The second-order valence-electron chi connectivity index (χ2n) is 3.73. The maximum Gasteiger partial charge on any atom is 0.258 e. The van der Waals surface area contributed by atoms with E-state index in [1.807, 2.05) is 0 Å². The third kappa shape index (κ3) is 4.48. The van der Waals surface area contributed by atoms with Crippen molar-refractivity contribution in [2.45, 2.75) is 12.8 Å². The summed E-state index contributed by atoms with van der Waals surface area (Å²) >= 11 is 0. The first-order chi connectivity index (χ1) is 9.20. The first-order valence-corrected chi connectivity index (χ1v) is 5.82. The normalized spacial score (nSPS) is 9.58. The van der Waals surface area contributed by atoms with Crippen LogP contribution in [-0.2, 0) is 0 Å². The summed E-state index contributed by atoms with van der Waals surface area (Å²) in [6.45, 7) is 0.770. The second-order valence-corrected chi connectivity index (χ2v) is 3.73. The Morgan fingerprint density at radius 2 is 2.32 bits per heavy atom. The molecule has 1 aromatic carbocycles. The summed E-state index contributed by atoms with van der Waals surface area (Å²) in [6, 6.07) is 4.21. The van der Waals surface area contributed by atoms with Crippen molar-refractivity contribution in [3.63, 3.8) is 0 Å². The topological polar surface area (TPSA) is 87.1 Å². The molecule has 1 aromatic rings. The van der Waals surface area contributed by atoms with Gasteiger partial charge in [0.2, 0.25) is 0 Å². The standard InChI is InChI=1S/C12H15FN4O2/c1-19-10-6-4-5-9(13)11(10)12(18)15-7-2-3-8-16-17-14/h4-6H,2-3,7-8H2,1H3,(H,15,18). The number of methoxy groups -OCH3 is 1. The van der Waals surface area contributed by atoms with Gasteiger partial charge in [0.25, 0.3) is 5.91 Å². The number of halogens is 1. The summed E-state index contributed by atoms with van der Waals surface area (Å²) in [4.78, 5) is 14.4. The monoisotopic (exact) mass is 266 g/mol. The minimum atomic E-state index is -0.620. The average Bonchev–Trinajstić information content (AvgIpc) is 2.42. The van der Waals surface area contributed by atoms with Gasteiger partial charge < -0.3 is 10.1 Å². The fraction of sp³-hybridized carbons (Fsp3) is 0.417. The highest BCUT2D eigenvalue weighted by molar-refractivity contribution is 5.97. The highest BCUT2D eigenvalue weighted by atomic mass is 19.1. The van der Waals surface area contributed by atoms with Crippen molar-refractivity contribution in [2.75, 3.05) is 20.2 Å². The molecule has 0 aliphatic heterocycles. The first kappa shape index (κ1) is 14.8. The van der Waals surface area contributed by atoms with E-state index in [9.17, 15) is 9.18 Å². The van der Waals surface area contributed by atoms with E-state index in [-0.39, 0.29) is 11.3 Å². The molecule has 0 atom stereocenters. The van der Waals surface area contributed by atoms with Crippen LogP contribution in [0, 0.1) is 5.82 Å². The van der Waals surface area contributed by atoms with Crippen LogP contribution in [0.25, 0.3) is 10.4 Å². The lowest BCUT2D eigenvalue weighted by atomic mass is 10.1. The minimum Gasteiger partial charge on any atom is -0.496 e. The number of nitrogens with one attached hydrogen (secondary N) is 1. The number of unbranched alkanes of at least 4 members (excludes halogenated alkanes) is 1. The Bertz CT molecular complexity index is 487. The maximum atomic E-state index is 13.6. The summed E-state index contributed by atoms with van der Waals surface area (Å²) in [5, 5.41) is 5.97. The van der Waals surface area contributed by atoms with Gasteiger partial charge in [-0.15, -0.1) is 0 Å². The number of rotatable bonds is 7. The predicted octanol–water partition coefficient (Wildman–Crippen LogP) is 2.65. The van der Waals surface area contributed by atoms with Crippen molar-refractivity contribution >= 4 is 5.91 Å². The number of nitrogens with zero attached hydrogens (tertiary/aromatic N) is 3. The molecule has 0 aliphatic carbocycles. The zero-order chi connectivity index (χ0) is 14.1. The lowest BCUT2D eigenvalue weighted by molar-refractivity contribution is 0.0945. The van der Waals surface area contributed by atoms with Crippen molar-refractivity contribution in [2.24, 2.45) is 5.11 Å². The summed E-state index contributed by atoms with van der Waals surface area (Å²) in [5.74, 6) is -0.934. The summed E-state index contributed by atoms with van der Waals surface area (Å²) in [6.07, 6.45) is 1.32. The lowest BCUT2D eigenvalue weighted by Gasteiger charge is -2.09. The molecule has 0 spiro atoms. The van der Waals surface area contributed by atoms with Crippen LogP contribution in [0.5, 0.6) is 5.75 Å². The van der Waals surface area contributed by atoms with Crippen LogP contribution in [0.1, 0.15) is 23.2 Å². The molecule has 0 fully saturated rings. The van der Waals surface area contributed by atoms with Crippen molar-refractivity contribution in [3.05, 3.63) is 40.0 Å². The SMILES string of the molecule is COc1cccc(F)c1C(=O)NCCCCN=[N+]=[N-]. The number of ether oxygens (including phenoxy) is 1. The number of benzene rings is 1. The van der Waals surface area contributed by atoms with E-state index in [4.69, 9.17) is 10.3 Å². The van der Waals surface area contributed by atoms with E-state index >= 15 is 0 Å². The fourth-order valence-electron chi connectivity index (χ4n) is 1.54. The number of azide groups is 1. The van der Waals surface area contributed by atoms with Gasteiger partial charge in [-0.2, -0.15) is 0 Å². The van der Waals surface area contributed by atoms with Crippen molar-refractivity contribution in [1.82, 2.24) is 5.32 Å².